The zero-order valence-corrected chi connectivity index (χ0v) is 17.4. The normalized spacial score (nSPS) is 9.60. The Balaban J connectivity index is 0.00000288. The number of rotatable bonds is 4. The van der Waals surface area contributed by atoms with Crippen LogP contribution in [-0.2, 0) is 21.7 Å². The Bertz CT molecular complexity index is 698. The molecule has 0 aliphatic carbocycles. The van der Waals surface area contributed by atoms with Crippen LogP contribution < -0.4 is 4.74 Å². The summed E-state index contributed by atoms with van der Waals surface area (Å²) < 4.78 is 5.61. The summed E-state index contributed by atoms with van der Waals surface area (Å²) in [5.74, 6) is 0.644. The molecule has 134 valence electrons. The Hall–Kier alpha value is -1.49. The van der Waals surface area contributed by atoms with E-state index in [1.807, 2.05) is 45.9 Å². The fraction of sp³-hybridized carbons (Fsp3) is 0.316. The average Bonchev–Trinajstić information content (AvgIpc) is 2.50. The number of carbonyl (C=O) groups is 1. The van der Waals surface area contributed by atoms with Crippen LogP contribution in [-0.4, -0.2) is 29.2 Å². The number of nitrogens with zero attached hydrogens (tertiary/aromatic N) is 1. The SMILES string of the molecule is CCN(CC)C(=O)Oc1cccc(C)c1-c1c(C)cccc1O.Cl.[Ti]. The molecule has 0 atom stereocenters. The van der Waals surface area contributed by atoms with E-state index < -0.39 is 0 Å². The van der Waals surface area contributed by atoms with Crippen molar-refractivity contribution in [3.05, 3.63) is 47.5 Å². The summed E-state index contributed by atoms with van der Waals surface area (Å²) in [6.07, 6.45) is -0.380. The van der Waals surface area contributed by atoms with Gasteiger partial charge in [-0.15, -0.1) is 12.4 Å². The first kappa shape index (κ1) is 23.5. The third kappa shape index (κ3) is 5.24. The van der Waals surface area contributed by atoms with Gasteiger partial charge in [0.25, 0.3) is 0 Å². The zero-order valence-electron chi connectivity index (χ0n) is 15.0. The molecule has 0 spiro atoms. The van der Waals surface area contributed by atoms with Crippen molar-refractivity contribution in [2.45, 2.75) is 27.7 Å². The minimum absolute atomic E-state index is 0. The van der Waals surface area contributed by atoms with Gasteiger partial charge >= 0.3 is 6.09 Å². The summed E-state index contributed by atoms with van der Waals surface area (Å²) in [4.78, 5) is 13.9. The smallest absolute Gasteiger partial charge is 0.415 e. The summed E-state index contributed by atoms with van der Waals surface area (Å²) in [6.45, 7) is 8.87. The van der Waals surface area contributed by atoms with Crippen molar-refractivity contribution in [1.82, 2.24) is 4.90 Å². The molecule has 0 fully saturated rings. The first-order valence-electron chi connectivity index (χ1n) is 7.84. The number of halogens is 1. The summed E-state index contributed by atoms with van der Waals surface area (Å²) in [5, 5.41) is 10.3. The minimum atomic E-state index is -0.380. The Morgan fingerprint density at radius 2 is 1.52 bits per heavy atom. The van der Waals surface area contributed by atoms with Gasteiger partial charge in [-0.25, -0.2) is 4.79 Å². The van der Waals surface area contributed by atoms with Crippen LogP contribution >= 0.6 is 12.4 Å². The van der Waals surface area contributed by atoms with Crippen molar-refractivity contribution in [3.8, 4) is 22.6 Å². The molecule has 0 radical (unpaired) electrons. The fourth-order valence-electron chi connectivity index (χ4n) is 2.66. The number of aromatic hydroxyl groups is 1. The molecular formula is C19H24ClNO3Ti. The van der Waals surface area contributed by atoms with Gasteiger partial charge in [0.1, 0.15) is 11.5 Å². The predicted molar refractivity (Wildman–Crippen MR) is 99.2 cm³/mol. The van der Waals surface area contributed by atoms with Gasteiger partial charge < -0.3 is 14.7 Å². The van der Waals surface area contributed by atoms with Crippen LogP contribution in [0.1, 0.15) is 25.0 Å². The largest absolute Gasteiger partial charge is 0.507 e. The number of aryl methyl sites for hydroxylation is 2. The van der Waals surface area contributed by atoms with E-state index in [2.05, 4.69) is 0 Å². The quantitative estimate of drug-likeness (QED) is 0.744. The molecule has 2 aromatic rings. The number of benzene rings is 2. The summed E-state index contributed by atoms with van der Waals surface area (Å²) in [5.41, 5.74) is 3.33. The first-order valence-corrected chi connectivity index (χ1v) is 7.84. The van der Waals surface area contributed by atoms with Crippen molar-refractivity contribution in [3.63, 3.8) is 0 Å². The van der Waals surface area contributed by atoms with Gasteiger partial charge in [0.05, 0.1) is 0 Å². The maximum absolute atomic E-state index is 12.3. The number of amides is 1. The number of hydrogen-bond acceptors (Lipinski definition) is 3. The topological polar surface area (TPSA) is 49.8 Å². The van der Waals surface area contributed by atoms with E-state index in [0.717, 1.165) is 16.7 Å². The number of ether oxygens (including phenoxy) is 1. The van der Waals surface area contributed by atoms with Gasteiger partial charge in [-0.05, 0) is 51.0 Å². The van der Waals surface area contributed by atoms with Crippen LogP contribution in [0.15, 0.2) is 36.4 Å². The Labute approximate surface area is 170 Å². The maximum atomic E-state index is 12.3. The van der Waals surface area contributed by atoms with Crippen LogP contribution in [0, 0.1) is 13.8 Å². The molecule has 0 aromatic heterocycles. The fourth-order valence-corrected chi connectivity index (χ4v) is 2.66. The van der Waals surface area contributed by atoms with Gasteiger partial charge in [-0.2, -0.15) is 0 Å². The van der Waals surface area contributed by atoms with Gasteiger partial charge in [-0.3, -0.25) is 0 Å². The third-order valence-electron chi connectivity index (χ3n) is 3.95. The number of carbonyl (C=O) groups excluding carboxylic acids is 1. The Morgan fingerprint density at radius 3 is 2.04 bits per heavy atom. The van der Waals surface area contributed by atoms with Gasteiger partial charge in [0, 0.05) is 45.9 Å². The van der Waals surface area contributed by atoms with E-state index in [4.69, 9.17) is 4.74 Å². The minimum Gasteiger partial charge on any atom is -0.507 e. The van der Waals surface area contributed by atoms with E-state index in [1.54, 1.807) is 23.1 Å². The summed E-state index contributed by atoms with van der Waals surface area (Å²) >= 11 is 0. The second-order valence-electron chi connectivity index (χ2n) is 5.46. The number of hydrogen-bond donors (Lipinski definition) is 1. The van der Waals surface area contributed by atoms with Crippen LogP contribution in [0.5, 0.6) is 11.5 Å². The molecular weight excluding hydrogens is 374 g/mol. The molecule has 2 aromatic carbocycles. The van der Waals surface area contributed by atoms with Crippen LogP contribution in [0.3, 0.4) is 0 Å². The molecule has 1 N–H and O–H groups in total. The number of phenols is 1. The Morgan fingerprint density at radius 1 is 1.00 bits per heavy atom. The zero-order chi connectivity index (χ0) is 17.0. The van der Waals surface area contributed by atoms with E-state index in [-0.39, 0.29) is 46.0 Å². The van der Waals surface area contributed by atoms with Gasteiger partial charge in [0.2, 0.25) is 0 Å². The molecule has 0 saturated heterocycles. The molecule has 25 heavy (non-hydrogen) atoms. The molecule has 0 aliphatic heterocycles. The monoisotopic (exact) mass is 397 g/mol. The Kier molecular flexibility index (Phi) is 9.87. The van der Waals surface area contributed by atoms with Gasteiger partial charge in [-0.1, -0.05) is 24.3 Å². The van der Waals surface area contributed by atoms with Crippen LogP contribution in [0.25, 0.3) is 11.1 Å². The van der Waals surface area contributed by atoms with Crippen molar-refractivity contribution >= 4 is 18.5 Å². The standard InChI is InChI=1S/C19H23NO3.ClH.Ti/c1-5-20(6-2)19(22)23-16-12-8-10-14(4)18(16)17-13(3)9-7-11-15(17)21;;/h7-12,21H,5-6H2,1-4H3;1H;. The van der Waals surface area contributed by atoms with Crippen LogP contribution in [0.4, 0.5) is 4.79 Å². The van der Waals surface area contributed by atoms with E-state index >= 15 is 0 Å². The molecule has 1 amide bonds. The predicted octanol–water partition coefficient (Wildman–Crippen LogP) is 4.94. The van der Waals surface area contributed by atoms with Gasteiger partial charge in [0.15, 0.2) is 0 Å². The summed E-state index contributed by atoms with van der Waals surface area (Å²) in [7, 11) is 0. The molecule has 4 nitrogen and oxygen atoms in total. The maximum Gasteiger partial charge on any atom is 0.415 e. The molecule has 0 heterocycles. The van der Waals surface area contributed by atoms with E-state index in [1.165, 1.54) is 0 Å². The molecule has 2 rings (SSSR count). The molecule has 0 bridgehead atoms. The second kappa shape index (κ2) is 10.5. The molecule has 0 unspecified atom stereocenters. The second-order valence-corrected chi connectivity index (χ2v) is 5.46. The number of phenolic OH excluding ortho intramolecular Hbond substituents is 1. The first-order chi connectivity index (χ1) is 11.0. The van der Waals surface area contributed by atoms with E-state index in [9.17, 15) is 9.90 Å². The van der Waals surface area contributed by atoms with E-state index in [0.29, 0.717) is 24.4 Å². The average molecular weight is 398 g/mol. The molecule has 0 saturated carbocycles. The van der Waals surface area contributed by atoms with Crippen molar-refractivity contribution in [2.24, 2.45) is 0 Å². The van der Waals surface area contributed by atoms with Crippen molar-refractivity contribution < 1.29 is 36.4 Å². The van der Waals surface area contributed by atoms with Crippen molar-refractivity contribution in [1.29, 1.82) is 0 Å². The van der Waals surface area contributed by atoms with Crippen LogP contribution in [0.2, 0.25) is 0 Å². The third-order valence-corrected chi connectivity index (χ3v) is 3.95. The summed E-state index contributed by atoms with van der Waals surface area (Å²) in [6, 6.07) is 10.9. The molecule has 6 heteroatoms. The van der Waals surface area contributed by atoms with Crippen molar-refractivity contribution in [2.75, 3.05) is 13.1 Å². The molecule has 0 aliphatic rings.